The summed E-state index contributed by atoms with van der Waals surface area (Å²) < 4.78 is 5.39. The van der Waals surface area contributed by atoms with Gasteiger partial charge in [0.25, 0.3) is 0 Å². The molecular formula is C14H21NO2. The topological polar surface area (TPSA) is 29.5 Å². The van der Waals surface area contributed by atoms with E-state index in [-0.39, 0.29) is 5.78 Å². The third-order valence-corrected chi connectivity index (χ3v) is 3.07. The highest BCUT2D eigenvalue weighted by molar-refractivity contribution is 5.81. The smallest absolute Gasteiger partial charge is 0.149 e. The first-order valence-corrected chi connectivity index (χ1v) is 5.73. The molecule has 3 nitrogen and oxygen atoms in total. The molecule has 0 unspecified atom stereocenters. The number of ether oxygens (including phenoxy) is 1. The van der Waals surface area contributed by atoms with Crippen LogP contribution >= 0.6 is 0 Å². The van der Waals surface area contributed by atoms with Gasteiger partial charge >= 0.3 is 0 Å². The number of rotatable bonds is 4. The molecule has 17 heavy (non-hydrogen) atoms. The van der Waals surface area contributed by atoms with Crippen LogP contribution in [0.2, 0.25) is 0 Å². The van der Waals surface area contributed by atoms with E-state index in [9.17, 15) is 4.79 Å². The number of carbonyl (C=O) groups excluding carboxylic acids is 1. The first-order valence-electron chi connectivity index (χ1n) is 5.73. The van der Waals surface area contributed by atoms with Crippen molar-refractivity contribution < 1.29 is 9.53 Å². The lowest BCUT2D eigenvalue weighted by Gasteiger charge is -2.23. The highest BCUT2D eigenvalue weighted by Gasteiger charge is 2.14. The molecule has 0 saturated heterocycles. The summed E-state index contributed by atoms with van der Waals surface area (Å²) in [6, 6.07) is 2.07. The van der Waals surface area contributed by atoms with Gasteiger partial charge in [-0.1, -0.05) is 0 Å². The quantitative estimate of drug-likeness (QED) is 0.803. The Hall–Kier alpha value is -1.51. The Morgan fingerprint density at radius 1 is 1.29 bits per heavy atom. The molecule has 1 rings (SSSR count). The summed E-state index contributed by atoms with van der Waals surface area (Å²) in [7, 11) is 3.63. The van der Waals surface area contributed by atoms with Gasteiger partial charge < -0.3 is 9.64 Å². The molecule has 0 spiro atoms. The van der Waals surface area contributed by atoms with Crippen LogP contribution < -0.4 is 9.64 Å². The van der Waals surface area contributed by atoms with Crippen molar-refractivity contribution in [3.05, 3.63) is 22.8 Å². The Morgan fingerprint density at radius 3 is 2.35 bits per heavy atom. The number of nitrogens with zero attached hydrogens (tertiary/aromatic N) is 1. The lowest BCUT2D eigenvalue weighted by atomic mass is 10.0. The molecule has 0 heterocycles. The van der Waals surface area contributed by atoms with Crippen molar-refractivity contribution in [2.75, 3.05) is 25.6 Å². The number of hydrogen-bond donors (Lipinski definition) is 0. The molecule has 0 aliphatic carbocycles. The van der Waals surface area contributed by atoms with Crippen molar-refractivity contribution in [3.63, 3.8) is 0 Å². The normalized spacial score (nSPS) is 10.2. The molecule has 0 aliphatic rings. The summed E-state index contributed by atoms with van der Waals surface area (Å²) in [6.07, 6.45) is 0. The van der Waals surface area contributed by atoms with Gasteiger partial charge in [-0.15, -0.1) is 0 Å². The molecule has 3 heteroatoms. The molecule has 1 aromatic carbocycles. The van der Waals surface area contributed by atoms with Crippen molar-refractivity contribution in [1.29, 1.82) is 0 Å². The summed E-state index contributed by atoms with van der Waals surface area (Å²) >= 11 is 0. The van der Waals surface area contributed by atoms with E-state index in [2.05, 4.69) is 13.0 Å². The van der Waals surface area contributed by atoms with E-state index >= 15 is 0 Å². The van der Waals surface area contributed by atoms with Crippen LogP contribution in [-0.2, 0) is 4.79 Å². The van der Waals surface area contributed by atoms with Crippen LogP contribution in [0.1, 0.15) is 23.6 Å². The van der Waals surface area contributed by atoms with E-state index in [1.165, 1.54) is 0 Å². The highest BCUT2D eigenvalue weighted by Crippen LogP contribution is 2.32. The van der Waals surface area contributed by atoms with Crippen LogP contribution in [0.3, 0.4) is 0 Å². The number of benzene rings is 1. The number of Topliss-reactive ketones (excluding diaryl/α,β-unsaturated/α-hetero) is 1. The molecule has 0 atom stereocenters. The van der Waals surface area contributed by atoms with Gasteiger partial charge in [-0.25, -0.2) is 0 Å². The third-order valence-electron chi connectivity index (χ3n) is 3.07. The van der Waals surface area contributed by atoms with Gasteiger partial charge in [0.05, 0.1) is 13.7 Å². The van der Waals surface area contributed by atoms with Crippen molar-refractivity contribution in [3.8, 4) is 5.75 Å². The molecule has 0 bridgehead atoms. The number of aryl methyl sites for hydroxylation is 1. The second-order valence-electron chi connectivity index (χ2n) is 4.55. The molecular weight excluding hydrogens is 214 g/mol. The van der Waals surface area contributed by atoms with Crippen molar-refractivity contribution in [1.82, 2.24) is 0 Å². The Balaban J connectivity index is 3.22. The maximum absolute atomic E-state index is 11.2. The first-order chi connectivity index (χ1) is 7.88. The zero-order chi connectivity index (χ0) is 13.2. The number of likely N-dealkylation sites (N-methyl/N-ethyl adjacent to an activating group) is 1. The average Bonchev–Trinajstić information content (AvgIpc) is 2.23. The van der Waals surface area contributed by atoms with E-state index in [0.29, 0.717) is 6.54 Å². The van der Waals surface area contributed by atoms with Crippen LogP contribution in [-0.4, -0.2) is 26.5 Å². The van der Waals surface area contributed by atoms with E-state index in [4.69, 9.17) is 4.74 Å². The van der Waals surface area contributed by atoms with Gasteiger partial charge in [0.1, 0.15) is 11.5 Å². The molecule has 0 N–H and O–H groups in total. The number of carbonyl (C=O) groups is 1. The largest absolute Gasteiger partial charge is 0.496 e. The summed E-state index contributed by atoms with van der Waals surface area (Å²) in [5.41, 5.74) is 4.49. The van der Waals surface area contributed by atoms with Gasteiger partial charge in [-0.3, -0.25) is 4.79 Å². The molecule has 0 radical (unpaired) electrons. The molecule has 94 valence electrons. The first kappa shape index (κ1) is 13.6. The van der Waals surface area contributed by atoms with E-state index in [0.717, 1.165) is 28.1 Å². The molecule has 0 aliphatic heterocycles. The van der Waals surface area contributed by atoms with Crippen LogP contribution in [0.15, 0.2) is 6.07 Å². The number of anilines is 1. The number of ketones is 1. The minimum absolute atomic E-state index is 0.165. The van der Waals surface area contributed by atoms with Crippen molar-refractivity contribution >= 4 is 11.5 Å². The minimum atomic E-state index is 0.165. The monoisotopic (exact) mass is 235 g/mol. The zero-order valence-corrected chi connectivity index (χ0v) is 11.5. The second-order valence-corrected chi connectivity index (χ2v) is 4.55. The molecule has 0 fully saturated rings. The van der Waals surface area contributed by atoms with Crippen LogP contribution in [0.5, 0.6) is 5.75 Å². The predicted molar refractivity (Wildman–Crippen MR) is 71.2 cm³/mol. The lowest BCUT2D eigenvalue weighted by Crippen LogP contribution is -2.24. The third kappa shape index (κ3) is 2.78. The van der Waals surface area contributed by atoms with Crippen molar-refractivity contribution in [2.45, 2.75) is 27.7 Å². The van der Waals surface area contributed by atoms with E-state index < -0.39 is 0 Å². The number of methoxy groups -OCH3 is 1. The molecule has 0 saturated carbocycles. The second kappa shape index (κ2) is 5.21. The van der Waals surface area contributed by atoms with Crippen LogP contribution in [0, 0.1) is 20.8 Å². The maximum Gasteiger partial charge on any atom is 0.149 e. The fourth-order valence-electron chi connectivity index (χ4n) is 2.17. The summed E-state index contributed by atoms with van der Waals surface area (Å²) in [4.78, 5) is 13.1. The Bertz CT molecular complexity index is 438. The fraction of sp³-hybridized carbons (Fsp3) is 0.500. The van der Waals surface area contributed by atoms with Crippen LogP contribution in [0.4, 0.5) is 5.69 Å². The SMILES string of the molecule is COc1c(C)cc(N(C)CC(C)=O)c(C)c1C. The Labute approximate surface area is 103 Å². The maximum atomic E-state index is 11.2. The summed E-state index contributed by atoms with van der Waals surface area (Å²) in [5, 5.41) is 0. The van der Waals surface area contributed by atoms with Gasteiger partial charge in [0, 0.05) is 12.7 Å². The van der Waals surface area contributed by atoms with Gasteiger partial charge in [0.15, 0.2) is 0 Å². The van der Waals surface area contributed by atoms with E-state index in [1.807, 2.05) is 25.8 Å². The molecule has 0 aromatic heterocycles. The zero-order valence-electron chi connectivity index (χ0n) is 11.5. The van der Waals surface area contributed by atoms with Gasteiger partial charge in [-0.05, 0) is 50.5 Å². The fourth-order valence-corrected chi connectivity index (χ4v) is 2.17. The van der Waals surface area contributed by atoms with Gasteiger partial charge in [0.2, 0.25) is 0 Å². The van der Waals surface area contributed by atoms with Gasteiger partial charge in [-0.2, -0.15) is 0 Å². The van der Waals surface area contributed by atoms with E-state index in [1.54, 1.807) is 14.0 Å². The highest BCUT2D eigenvalue weighted by atomic mass is 16.5. The lowest BCUT2D eigenvalue weighted by molar-refractivity contribution is -0.115. The molecule has 0 amide bonds. The number of hydrogen-bond acceptors (Lipinski definition) is 3. The van der Waals surface area contributed by atoms with Crippen LogP contribution in [0.25, 0.3) is 0 Å². The van der Waals surface area contributed by atoms with Crippen molar-refractivity contribution in [2.24, 2.45) is 0 Å². The predicted octanol–water partition coefficient (Wildman–Crippen LogP) is 2.65. The summed E-state index contributed by atoms with van der Waals surface area (Å²) in [5.74, 6) is 1.10. The minimum Gasteiger partial charge on any atom is -0.496 e. The average molecular weight is 235 g/mol. The summed E-state index contributed by atoms with van der Waals surface area (Å²) in [6.45, 7) is 8.17. The molecule has 1 aromatic rings. The Morgan fingerprint density at radius 2 is 1.88 bits per heavy atom. The Kier molecular flexibility index (Phi) is 4.16. The standard InChI is InChI=1S/C14H21NO2/c1-9-7-13(15(5)8-10(2)16)11(3)12(4)14(9)17-6/h7H,8H2,1-6H3.